The van der Waals surface area contributed by atoms with E-state index >= 15 is 0 Å². The standard InChI is InChI=1S/C20H29N3O2/c24-11-10-23(17-7-8-17)20(25)21-19-9-6-16-13-22(14-18(16)19)12-15-4-2-1-3-5-15/h1-5,16-19,24H,6-14H2,(H,21,25)/t16-,18-,19-/m1/s1. The number of carbonyl (C=O) groups excluding carboxylic acids is 1. The van der Waals surface area contributed by atoms with Gasteiger partial charge < -0.3 is 15.3 Å². The van der Waals surface area contributed by atoms with Gasteiger partial charge in [0.2, 0.25) is 0 Å². The van der Waals surface area contributed by atoms with Crippen molar-refractivity contribution in [2.75, 3.05) is 26.2 Å². The van der Waals surface area contributed by atoms with Gasteiger partial charge in [-0.2, -0.15) is 0 Å². The second-order valence-corrected chi connectivity index (χ2v) is 7.89. The van der Waals surface area contributed by atoms with E-state index in [1.54, 1.807) is 0 Å². The van der Waals surface area contributed by atoms with Crippen LogP contribution >= 0.6 is 0 Å². The number of aliphatic hydroxyl groups is 1. The Bertz CT molecular complexity index is 590. The summed E-state index contributed by atoms with van der Waals surface area (Å²) in [5, 5.41) is 12.5. The van der Waals surface area contributed by atoms with Crippen LogP contribution in [-0.4, -0.2) is 59.3 Å². The maximum Gasteiger partial charge on any atom is 0.317 e. The summed E-state index contributed by atoms with van der Waals surface area (Å²) in [4.78, 5) is 17.0. The Hall–Kier alpha value is -1.59. The average Bonchev–Trinajstić information content (AvgIpc) is 3.28. The van der Waals surface area contributed by atoms with Crippen LogP contribution < -0.4 is 5.32 Å². The fraction of sp³-hybridized carbons (Fsp3) is 0.650. The minimum Gasteiger partial charge on any atom is -0.395 e. The topological polar surface area (TPSA) is 55.8 Å². The number of hydrogen-bond acceptors (Lipinski definition) is 3. The summed E-state index contributed by atoms with van der Waals surface area (Å²) in [6, 6.07) is 11.3. The second-order valence-electron chi connectivity index (χ2n) is 7.89. The first kappa shape index (κ1) is 16.9. The number of benzene rings is 1. The van der Waals surface area contributed by atoms with Gasteiger partial charge in [-0.1, -0.05) is 30.3 Å². The van der Waals surface area contributed by atoms with Crippen molar-refractivity contribution in [2.45, 2.75) is 44.3 Å². The molecule has 5 heteroatoms. The zero-order valence-electron chi connectivity index (χ0n) is 14.8. The summed E-state index contributed by atoms with van der Waals surface area (Å²) in [6.07, 6.45) is 4.46. The molecule has 3 fully saturated rings. The van der Waals surface area contributed by atoms with Crippen molar-refractivity contribution in [3.8, 4) is 0 Å². The number of urea groups is 1. The summed E-state index contributed by atoms with van der Waals surface area (Å²) < 4.78 is 0. The van der Waals surface area contributed by atoms with Crippen LogP contribution in [0.4, 0.5) is 4.79 Å². The van der Waals surface area contributed by atoms with Crippen LogP contribution in [0.3, 0.4) is 0 Å². The van der Waals surface area contributed by atoms with Crippen molar-refractivity contribution < 1.29 is 9.90 Å². The monoisotopic (exact) mass is 343 g/mol. The largest absolute Gasteiger partial charge is 0.395 e. The molecule has 1 aliphatic heterocycles. The Balaban J connectivity index is 1.33. The predicted molar refractivity (Wildman–Crippen MR) is 97.1 cm³/mol. The summed E-state index contributed by atoms with van der Waals surface area (Å²) in [7, 11) is 0. The molecular weight excluding hydrogens is 314 g/mol. The Morgan fingerprint density at radius 2 is 1.96 bits per heavy atom. The van der Waals surface area contributed by atoms with Crippen molar-refractivity contribution in [2.24, 2.45) is 11.8 Å². The van der Waals surface area contributed by atoms with E-state index in [4.69, 9.17) is 0 Å². The number of hydrogen-bond donors (Lipinski definition) is 2. The van der Waals surface area contributed by atoms with Crippen LogP contribution in [0.5, 0.6) is 0 Å². The number of carbonyl (C=O) groups is 1. The molecule has 3 atom stereocenters. The van der Waals surface area contributed by atoms with Gasteiger partial charge in [0.15, 0.2) is 0 Å². The fourth-order valence-electron chi connectivity index (χ4n) is 4.69. The molecule has 1 aromatic carbocycles. The minimum atomic E-state index is 0.0312. The highest BCUT2D eigenvalue weighted by atomic mass is 16.3. The predicted octanol–water partition coefficient (Wildman–Crippen LogP) is 2.06. The molecule has 0 radical (unpaired) electrons. The third kappa shape index (κ3) is 3.82. The molecule has 0 spiro atoms. The van der Waals surface area contributed by atoms with Gasteiger partial charge in [0.1, 0.15) is 0 Å². The third-order valence-electron chi connectivity index (χ3n) is 6.08. The second kappa shape index (κ2) is 7.34. The molecule has 4 rings (SSSR count). The first-order valence-electron chi connectivity index (χ1n) is 9.69. The van der Waals surface area contributed by atoms with Crippen molar-refractivity contribution in [1.29, 1.82) is 0 Å². The maximum atomic E-state index is 12.6. The number of nitrogens with one attached hydrogen (secondary N) is 1. The fourth-order valence-corrected chi connectivity index (χ4v) is 4.69. The molecule has 2 N–H and O–H groups in total. The number of fused-ring (bicyclic) bond motifs is 1. The van der Waals surface area contributed by atoms with Crippen molar-refractivity contribution >= 4 is 6.03 Å². The zero-order chi connectivity index (χ0) is 17.2. The highest BCUT2D eigenvalue weighted by Crippen LogP contribution is 2.39. The highest BCUT2D eigenvalue weighted by molar-refractivity contribution is 5.75. The molecule has 25 heavy (non-hydrogen) atoms. The molecule has 3 aliphatic rings. The quantitative estimate of drug-likeness (QED) is 0.831. The lowest BCUT2D eigenvalue weighted by Gasteiger charge is -2.27. The smallest absolute Gasteiger partial charge is 0.317 e. The van der Waals surface area contributed by atoms with Crippen LogP contribution in [0, 0.1) is 11.8 Å². The van der Waals surface area contributed by atoms with E-state index in [9.17, 15) is 9.90 Å². The summed E-state index contributed by atoms with van der Waals surface area (Å²) >= 11 is 0. The van der Waals surface area contributed by atoms with Gasteiger partial charge in [0.25, 0.3) is 0 Å². The molecule has 1 heterocycles. The Kier molecular flexibility index (Phi) is 4.95. The van der Waals surface area contributed by atoms with Gasteiger partial charge in [-0.15, -0.1) is 0 Å². The number of nitrogens with zero attached hydrogens (tertiary/aromatic N) is 2. The molecular formula is C20H29N3O2. The molecule has 2 aliphatic carbocycles. The molecule has 1 saturated heterocycles. The van der Waals surface area contributed by atoms with Crippen LogP contribution in [0.15, 0.2) is 30.3 Å². The van der Waals surface area contributed by atoms with Crippen LogP contribution in [-0.2, 0) is 6.54 Å². The SMILES string of the molecule is O=C(N[C@@H]1CC[C@@H]2CN(Cc3ccccc3)C[C@H]21)N(CCO)C1CC1. The van der Waals surface area contributed by atoms with E-state index < -0.39 is 0 Å². The normalized spacial score (nSPS) is 28.8. The number of aliphatic hydroxyl groups excluding tert-OH is 1. The summed E-state index contributed by atoms with van der Waals surface area (Å²) in [6.45, 7) is 3.74. The van der Waals surface area contributed by atoms with Crippen LogP contribution in [0.1, 0.15) is 31.2 Å². The Morgan fingerprint density at radius 3 is 2.68 bits per heavy atom. The molecule has 2 saturated carbocycles. The molecule has 2 amide bonds. The third-order valence-corrected chi connectivity index (χ3v) is 6.08. The van der Waals surface area contributed by atoms with Crippen LogP contribution in [0.2, 0.25) is 0 Å². The van der Waals surface area contributed by atoms with Crippen molar-refractivity contribution in [1.82, 2.24) is 15.1 Å². The molecule has 1 aromatic rings. The maximum absolute atomic E-state index is 12.6. The van der Waals surface area contributed by atoms with Gasteiger partial charge in [0.05, 0.1) is 6.61 Å². The first-order valence-corrected chi connectivity index (χ1v) is 9.69. The van der Waals surface area contributed by atoms with Crippen molar-refractivity contribution in [3.05, 3.63) is 35.9 Å². The van der Waals surface area contributed by atoms with E-state index in [0.29, 0.717) is 30.5 Å². The molecule has 136 valence electrons. The Labute approximate surface area is 150 Å². The number of amides is 2. The van der Waals surface area contributed by atoms with E-state index in [1.807, 2.05) is 4.90 Å². The number of likely N-dealkylation sites (tertiary alicyclic amines) is 1. The molecule has 5 nitrogen and oxygen atoms in total. The van der Waals surface area contributed by atoms with E-state index in [2.05, 4.69) is 40.5 Å². The van der Waals surface area contributed by atoms with E-state index in [0.717, 1.165) is 38.9 Å². The van der Waals surface area contributed by atoms with E-state index in [-0.39, 0.29) is 12.6 Å². The van der Waals surface area contributed by atoms with Gasteiger partial charge in [-0.25, -0.2) is 4.79 Å². The van der Waals surface area contributed by atoms with Crippen LogP contribution in [0.25, 0.3) is 0 Å². The average molecular weight is 343 g/mol. The highest BCUT2D eigenvalue weighted by Gasteiger charge is 2.44. The van der Waals surface area contributed by atoms with Gasteiger partial charge in [-0.05, 0) is 43.1 Å². The molecule has 0 unspecified atom stereocenters. The lowest BCUT2D eigenvalue weighted by Crippen LogP contribution is -2.48. The zero-order valence-corrected chi connectivity index (χ0v) is 14.8. The first-order chi connectivity index (χ1) is 12.2. The van der Waals surface area contributed by atoms with Gasteiger partial charge in [0, 0.05) is 38.3 Å². The lowest BCUT2D eigenvalue weighted by molar-refractivity contribution is 0.167. The molecule has 0 bridgehead atoms. The number of rotatable bonds is 6. The minimum absolute atomic E-state index is 0.0312. The van der Waals surface area contributed by atoms with E-state index in [1.165, 1.54) is 12.0 Å². The van der Waals surface area contributed by atoms with Gasteiger partial charge >= 0.3 is 6.03 Å². The lowest BCUT2D eigenvalue weighted by atomic mass is 9.98. The van der Waals surface area contributed by atoms with Gasteiger partial charge in [-0.3, -0.25) is 4.90 Å². The van der Waals surface area contributed by atoms with Crippen molar-refractivity contribution in [3.63, 3.8) is 0 Å². The molecule has 0 aromatic heterocycles. The Morgan fingerprint density at radius 1 is 1.16 bits per heavy atom. The summed E-state index contributed by atoms with van der Waals surface area (Å²) in [5.74, 6) is 1.28. The summed E-state index contributed by atoms with van der Waals surface area (Å²) in [5.41, 5.74) is 1.37.